The van der Waals surface area contributed by atoms with Crippen molar-refractivity contribution in [1.82, 2.24) is 10.2 Å². The smallest absolute Gasteiger partial charge is 0.318 e. The fraction of sp³-hybridized carbons (Fsp3) is 0.778. The van der Waals surface area contributed by atoms with Crippen molar-refractivity contribution in [2.75, 3.05) is 14.2 Å². The van der Waals surface area contributed by atoms with E-state index in [2.05, 4.69) is 5.32 Å². The predicted molar refractivity (Wildman–Crippen MR) is 91.6 cm³/mol. The minimum absolute atomic E-state index is 0.0961. The molecule has 0 aromatic rings. The Labute approximate surface area is 157 Å². The van der Waals surface area contributed by atoms with Gasteiger partial charge in [-0.3, -0.25) is 14.4 Å². The number of hydrogen-bond acceptors (Lipinski definition) is 6. The molecule has 2 N–H and O–H groups in total. The number of amides is 2. The molecule has 0 radical (unpaired) electrons. The zero-order valence-electron chi connectivity index (χ0n) is 15.6. The SMILES string of the molecule is COC(=O)C1C(C(=O)OC)C2CCC1N2C(=O)NC1CCC(C(=O)O)CC1. The van der Waals surface area contributed by atoms with Crippen molar-refractivity contribution < 1.29 is 33.8 Å². The molecular formula is C18H26N2O7. The third kappa shape index (κ3) is 3.46. The highest BCUT2D eigenvalue weighted by atomic mass is 16.5. The van der Waals surface area contributed by atoms with Crippen LogP contribution in [0.3, 0.4) is 0 Å². The van der Waals surface area contributed by atoms with Gasteiger partial charge >= 0.3 is 23.9 Å². The Balaban J connectivity index is 1.69. The van der Waals surface area contributed by atoms with Crippen molar-refractivity contribution in [2.24, 2.45) is 17.8 Å². The number of urea groups is 1. The van der Waals surface area contributed by atoms with Gasteiger partial charge < -0.3 is 24.8 Å². The van der Waals surface area contributed by atoms with E-state index in [-0.39, 0.29) is 30.1 Å². The highest BCUT2D eigenvalue weighted by Gasteiger charge is 2.61. The molecule has 0 aromatic carbocycles. The molecule has 4 atom stereocenters. The van der Waals surface area contributed by atoms with E-state index in [0.717, 1.165) is 0 Å². The van der Waals surface area contributed by atoms with E-state index in [0.29, 0.717) is 38.5 Å². The van der Waals surface area contributed by atoms with Gasteiger partial charge in [-0.1, -0.05) is 0 Å². The van der Waals surface area contributed by atoms with Crippen LogP contribution < -0.4 is 5.32 Å². The van der Waals surface area contributed by atoms with Gasteiger partial charge in [-0.2, -0.15) is 0 Å². The molecule has 0 aromatic heterocycles. The number of esters is 2. The van der Waals surface area contributed by atoms with Gasteiger partial charge in [0.15, 0.2) is 0 Å². The summed E-state index contributed by atoms with van der Waals surface area (Å²) in [6.45, 7) is 0. The second-order valence-electron chi connectivity index (χ2n) is 7.55. The molecule has 3 fully saturated rings. The highest BCUT2D eigenvalue weighted by Crippen LogP contribution is 2.47. The molecule has 2 bridgehead atoms. The second-order valence-corrected chi connectivity index (χ2v) is 7.55. The Bertz CT molecular complexity index is 599. The molecule has 150 valence electrons. The number of carboxylic acids is 1. The standard InChI is InChI=1S/C18H26N2O7/c1-26-16(23)13-11-7-8-12(14(13)17(24)27-2)20(11)18(25)19-10-5-3-9(4-6-10)15(21)22/h9-14H,3-8H2,1-2H3,(H,19,25)(H,21,22). The van der Waals surface area contributed by atoms with Crippen LogP contribution in [0.4, 0.5) is 4.79 Å². The zero-order chi connectivity index (χ0) is 19.7. The molecule has 3 rings (SSSR count). The topological polar surface area (TPSA) is 122 Å². The van der Waals surface area contributed by atoms with E-state index < -0.39 is 29.7 Å². The van der Waals surface area contributed by atoms with Crippen molar-refractivity contribution in [3.8, 4) is 0 Å². The number of carboxylic acid groups (broad SMARTS) is 1. The van der Waals surface area contributed by atoms with Crippen molar-refractivity contribution in [1.29, 1.82) is 0 Å². The Kier molecular flexibility index (Phi) is 5.57. The molecule has 2 saturated heterocycles. The molecule has 9 nitrogen and oxygen atoms in total. The minimum Gasteiger partial charge on any atom is -0.481 e. The Hall–Kier alpha value is -2.32. The quantitative estimate of drug-likeness (QED) is 0.688. The summed E-state index contributed by atoms with van der Waals surface area (Å²) in [6.07, 6.45) is 3.54. The van der Waals surface area contributed by atoms with Crippen LogP contribution in [0.25, 0.3) is 0 Å². The molecule has 3 aliphatic rings. The number of carbonyl (C=O) groups is 4. The number of nitrogens with zero attached hydrogens (tertiary/aromatic N) is 1. The molecule has 2 aliphatic heterocycles. The second kappa shape index (κ2) is 7.74. The number of nitrogens with one attached hydrogen (secondary N) is 1. The third-order valence-corrected chi connectivity index (χ3v) is 6.27. The summed E-state index contributed by atoms with van der Waals surface area (Å²) in [5.41, 5.74) is 0. The molecule has 1 saturated carbocycles. The lowest BCUT2D eigenvalue weighted by Gasteiger charge is -2.30. The lowest BCUT2D eigenvalue weighted by Crippen LogP contribution is -2.49. The normalized spacial score (nSPS) is 34.8. The maximum Gasteiger partial charge on any atom is 0.318 e. The average Bonchev–Trinajstić information content (AvgIpc) is 3.23. The first kappa shape index (κ1) is 19.4. The number of methoxy groups -OCH3 is 2. The summed E-state index contributed by atoms with van der Waals surface area (Å²) in [6, 6.07) is -1.17. The number of fused-ring (bicyclic) bond motifs is 2. The van der Waals surface area contributed by atoms with Crippen LogP contribution in [0.2, 0.25) is 0 Å². The van der Waals surface area contributed by atoms with E-state index in [1.807, 2.05) is 0 Å². The number of carbonyl (C=O) groups excluding carboxylic acids is 3. The van der Waals surface area contributed by atoms with E-state index in [1.165, 1.54) is 14.2 Å². The molecular weight excluding hydrogens is 356 g/mol. The van der Waals surface area contributed by atoms with Crippen LogP contribution in [0, 0.1) is 17.8 Å². The number of hydrogen-bond donors (Lipinski definition) is 2. The van der Waals surface area contributed by atoms with Crippen LogP contribution in [0.1, 0.15) is 38.5 Å². The summed E-state index contributed by atoms with van der Waals surface area (Å²) < 4.78 is 9.73. The largest absolute Gasteiger partial charge is 0.481 e. The fourth-order valence-electron chi connectivity index (χ4n) is 4.96. The van der Waals surface area contributed by atoms with Crippen molar-refractivity contribution >= 4 is 23.9 Å². The van der Waals surface area contributed by atoms with Gasteiger partial charge in [0.2, 0.25) is 0 Å². The van der Waals surface area contributed by atoms with Gasteiger partial charge in [0.1, 0.15) is 0 Å². The van der Waals surface area contributed by atoms with Gasteiger partial charge in [0.25, 0.3) is 0 Å². The van der Waals surface area contributed by atoms with E-state index >= 15 is 0 Å². The fourth-order valence-corrected chi connectivity index (χ4v) is 4.96. The molecule has 27 heavy (non-hydrogen) atoms. The maximum absolute atomic E-state index is 12.9. The monoisotopic (exact) mass is 382 g/mol. The van der Waals surface area contributed by atoms with Crippen LogP contribution in [0.15, 0.2) is 0 Å². The average molecular weight is 382 g/mol. The number of rotatable bonds is 4. The van der Waals surface area contributed by atoms with Gasteiger partial charge in [0.05, 0.1) is 32.0 Å². The van der Waals surface area contributed by atoms with Crippen LogP contribution >= 0.6 is 0 Å². The minimum atomic E-state index is -0.792. The maximum atomic E-state index is 12.9. The van der Waals surface area contributed by atoms with E-state index in [1.54, 1.807) is 4.90 Å². The summed E-state index contributed by atoms with van der Waals surface area (Å²) >= 11 is 0. The molecule has 1 aliphatic carbocycles. The zero-order valence-corrected chi connectivity index (χ0v) is 15.6. The van der Waals surface area contributed by atoms with Gasteiger partial charge in [-0.05, 0) is 38.5 Å². The molecule has 2 heterocycles. The first-order chi connectivity index (χ1) is 12.9. The lowest BCUT2D eigenvalue weighted by atomic mass is 9.79. The van der Waals surface area contributed by atoms with Gasteiger partial charge in [-0.15, -0.1) is 0 Å². The Morgan fingerprint density at radius 2 is 1.33 bits per heavy atom. The van der Waals surface area contributed by atoms with Gasteiger partial charge in [0, 0.05) is 18.1 Å². The van der Waals surface area contributed by atoms with Crippen LogP contribution in [-0.4, -0.2) is 66.3 Å². The molecule has 9 heteroatoms. The predicted octanol–water partition coefficient (Wildman–Crippen LogP) is 0.764. The molecule has 4 unspecified atom stereocenters. The van der Waals surface area contributed by atoms with Crippen molar-refractivity contribution in [3.05, 3.63) is 0 Å². The Morgan fingerprint density at radius 1 is 0.852 bits per heavy atom. The molecule has 2 amide bonds. The van der Waals surface area contributed by atoms with Gasteiger partial charge in [-0.25, -0.2) is 4.79 Å². The van der Waals surface area contributed by atoms with Crippen molar-refractivity contribution in [3.63, 3.8) is 0 Å². The first-order valence-corrected chi connectivity index (χ1v) is 9.36. The van der Waals surface area contributed by atoms with Crippen LogP contribution in [0.5, 0.6) is 0 Å². The third-order valence-electron chi connectivity index (χ3n) is 6.27. The first-order valence-electron chi connectivity index (χ1n) is 9.36. The highest BCUT2D eigenvalue weighted by molar-refractivity contribution is 5.87. The Morgan fingerprint density at radius 3 is 1.74 bits per heavy atom. The lowest BCUT2D eigenvalue weighted by molar-refractivity contribution is -0.157. The summed E-state index contributed by atoms with van der Waals surface area (Å²) in [5, 5.41) is 12.0. The van der Waals surface area contributed by atoms with E-state index in [4.69, 9.17) is 14.6 Å². The van der Waals surface area contributed by atoms with Crippen LogP contribution in [-0.2, 0) is 23.9 Å². The molecule has 0 spiro atoms. The summed E-state index contributed by atoms with van der Waals surface area (Å²) in [7, 11) is 2.54. The summed E-state index contributed by atoms with van der Waals surface area (Å²) in [4.78, 5) is 50.1. The van der Waals surface area contributed by atoms with Crippen molar-refractivity contribution in [2.45, 2.75) is 56.7 Å². The summed E-state index contributed by atoms with van der Waals surface area (Å²) in [5.74, 6) is -3.58. The number of aliphatic carboxylic acids is 1. The van der Waals surface area contributed by atoms with E-state index in [9.17, 15) is 19.2 Å². The number of ether oxygens (including phenoxy) is 2.